The standard InChI is InChI=1S/C25H31N7O2/c1-4-5-6-7-14-34-19-10-8-18(9-11-19)22-15-20(21-12-13-32(29-21)16-17(2)3)23(25(33)26-22)24-27-30-31-28-24/h8-13,15,17H,4-7,14,16H2,1-3H3,(H,26,33)(H,27,28,30,31). The third-order valence-corrected chi connectivity index (χ3v) is 5.50. The summed E-state index contributed by atoms with van der Waals surface area (Å²) in [6.45, 7) is 7.96. The molecule has 0 aliphatic carbocycles. The number of pyridine rings is 1. The van der Waals surface area contributed by atoms with Crippen LogP contribution >= 0.6 is 0 Å². The molecule has 0 unspecified atom stereocenters. The summed E-state index contributed by atoms with van der Waals surface area (Å²) in [4.78, 5) is 16.1. The third-order valence-electron chi connectivity index (χ3n) is 5.50. The Morgan fingerprint density at radius 1 is 1.09 bits per heavy atom. The van der Waals surface area contributed by atoms with E-state index in [4.69, 9.17) is 9.84 Å². The first-order chi connectivity index (χ1) is 16.5. The summed E-state index contributed by atoms with van der Waals surface area (Å²) in [6.07, 6.45) is 6.58. The summed E-state index contributed by atoms with van der Waals surface area (Å²) < 4.78 is 7.73. The van der Waals surface area contributed by atoms with Gasteiger partial charge in [-0.25, -0.2) is 0 Å². The Balaban J connectivity index is 1.64. The molecule has 0 saturated carbocycles. The highest BCUT2D eigenvalue weighted by Crippen LogP contribution is 2.30. The van der Waals surface area contributed by atoms with Crippen LogP contribution in [0.1, 0.15) is 46.5 Å². The van der Waals surface area contributed by atoms with E-state index in [9.17, 15) is 4.79 Å². The second-order valence-electron chi connectivity index (χ2n) is 8.79. The molecule has 0 aliphatic rings. The fourth-order valence-corrected chi connectivity index (χ4v) is 3.84. The molecule has 0 bridgehead atoms. The lowest BCUT2D eigenvalue weighted by molar-refractivity contribution is 0.305. The Hall–Kier alpha value is -3.75. The van der Waals surface area contributed by atoms with Crippen molar-refractivity contribution in [2.45, 2.75) is 53.0 Å². The number of aromatic amines is 2. The SMILES string of the molecule is CCCCCCOc1ccc(-c2cc(-c3ccn(CC(C)C)n3)c(-c3nn[nH]n3)c(=O)[nH]2)cc1. The molecule has 34 heavy (non-hydrogen) atoms. The summed E-state index contributed by atoms with van der Waals surface area (Å²) in [5, 5.41) is 18.8. The fourth-order valence-electron chi connectivity index (χ4n) is 3.84. The van der Waals surface area contributed by atoms with Crippen molar-refractivity contribution in [3.8, 4) is 39.7 Å². The van der Waals surface area contributed by atoms with E-state index < -0.39 is 0 Å². The molecule has 0 atom stereocenters. The first-order valence-electron chi connectivity index (χ1n) is 11.8. The van der Waals surface area contributed by atoms with E-state index in [1.165, 1.54) is 19.3 Å². The van der Waals surface area contributed by atoms with E-state index in [-0.39, 0.29) is 11.4 Å². The first-order valence-corrected chi connectivity index (χ1v) is 11.8. The number of aromatic nitrogens is 7. The van der Waals surface area contributed by atoms with Gasteiger partial charge in [-0.2, -0.15) is 10.3 Å². The zero-order valence-electron chi connectivity index (χ0n) is 19.9. The van der Waals surface area contributed by atoms with E-state index in [0.717, 1.165) is 24.3 Å². The summed E-state index contributed by atoms with van der Waals surface area (Å²) in [5.41, 5.74) is 2.92. The van der Waals surface area contributed by atoms with Crippen molar-refractivity contribution >= 4 is 0 Å². The molecule has 4 rings (SSSR count). The van der Waals surface area contributed by atoms with Gasteiger partial charge >= 0.3 is 0 Å². The zero-order valence-corrected chi connectivity index (χ0v) is 19.9. The minimum atomic E-state index is -0.302. The van der Waals surface area contributed by atoms with Crippen LogP contribution in [0.4, 0.5) is 0 Å². The summed E-state index contributed by atoms with van der Waals surface area (Å²) in [7, 11) is 0. The molecule has 0 fully saturated rings. The van der Waals surface area contributed by atoms with Crippen molar-refractivity contribution in [3.05, 3.63) is 52.9 Å². The van der Waals surface area contributed by atoms with Crippen LogP contribution in [0.3, 0.4) is 0 Å². The van der Waals surface area contributed by atoms with Crippen molar-refractivity contribution in [2.24, 2.45) is 5.92 Å². The van der Waals surface area contributed by atoms with Crippen molar-refractivity contribution in [2.75, 3.05) is 6.61 Å². The normalized spacial score (nSPS) is 11.3. The van der Waals surface area contributed by atoms with Crippen LogP contribution in [0.2, 0.25) is 0 Å². The van der Waals surface area contributed by atoms with E-state index in [2.05, 4.69) is 46.4 Å². The number of tetrazole rings is 1. The number of H-pyrrole nitrogens is 2. The highest BCUT2D eigenvalue weighted by molar-refractivity contribution is 5.81. The van der Waals surface area contributed by atoms with Gasteiger partial charge in [-0.1, -0.05) is 40.0 Å². The van der Waals surface area contributed by atoms with Gasteiger partial charge in [-0.15, -0.1) is 10.2 Å². The Kier molecular flexibility index (Phi) is 7.51. The zero-order chi connectivity index (χ0) is 23.9. The van der Waals surface area contributed by atoms with Gasteiger partial charge in [0.25, 0.3) is 5.56 Å². The smallest absolute Gasteiger partial charge is 0.260 e. The Morgan fingerprint density at radius 2 is 1.91 bits per heavy atom. The van der Waals surface area contributed by atoms with Crippen LogP contribution in [-0.4, -0.2) is 42.0 Å². The van der Waals surface area contributed by atoms with Gasteiger partial charge in [0.1, 0.15) is 5.75 Å². The van der Waals surface area contributed by atoms with Crippen molar-refractivity contribution < 1.29 is 4.74 Å². The van der Waals surface area contributed by atoms with Gasteiger partial charge < -0.3 is 9.72 Å². The minimum Gasteiger partial charge on any atom is -0.494 e. The Morgan fingerprint density at radius 3 is 2.62 bits per heavy atom. The molecule has 0 spiro atoms. The lowest BCUT2D eigenvalue weighted by atomic mass is 10.0. The summed E-state index contributed by atoms with van der Waals surface area (Å²) >= 11 is 0. The molecule has 4 aromatic rings. The first kappa shape index (κ1) is 23.4. The average molecular weight is 462 g/mol. The van der Waals surface area contributed by atoms with Crippen LogP contribution < -0.4 is 10.3 Å². The number of nitrogens with zero attached hydrogens (tertiary/aromatic N) is 5. The topological polar surface area (TPSA) is 114 Å². The number of rotatable bonds is 11. The van der Waals surface area contributed by atoms with Gasteiger partial charge in [0.05, 0.1) is 17.9 Å². The number of hydrogen-bond donors (Lipinski definition) is 2. The van der Waals surface area contributed by atoms with Crippen LogP contribution in [-0.2, 0) is 6.54 Å². The van der Waals surface area contributed by atoms with Gasteiger partial charge in [0, 0.05) is 24.0 Å². The highest BCUT2D eigenvalue weighted by atomic mass is 16.5. The number of hydrogen-bond acceptors (Lipinski definition) is 6. The maximum absolute atomic E-state index is 13.1. The highest BCUT2D eigenvalue weighted by Gasteiger charge is 2.19. The van der Waals surface area contributed by atoms with E-state index in [1.807, 2.05) is 47.3 Å². The molecule has 0 aliphatic heterocycles. The second kappa shape index (κ2) is 10.9. The van der Waals surface area contributed by atoms with Crippen molar-refractivity contribution in [1.29, 1.82) is 0 Å². The lowest BCUT2D eigenvalue weighted by Crippen LogP contribution is -2.13. The van der Waals surface area contributed by atoms with Gasteiger partial charge in [-0.3, -0.25) is 9.48 Å². The van der Waals surface area contributed by atoms with Crippen molar-refractivity contribution in [1.82, 2.24) is 35.4 Å². The monoisotopic (exact) mass is 461 g/mol. The average Bonchev–Trinajstić information content (AvgIpc) is 3.51. The van der Waals surface area contributed by atoms with E-state index in [0.29, 0.717) is 35.0 Å². The lowest BCUT2D eigenvalue weighted by Gasteiger charge is -2.10. The predicted molar refractivity (Wildman–Crippen MR) is 131 cm³/mol. The molecule has 9 heteroatoms. The molecule has 9 nitrogen and oxygen atoms in total. The number of benzene rings is 1. The number of nitrogens with one attached hydrogen (secondary N) is 2. The van der Waals surface area contributed by atoms with Crippen LogP contribution in [0.5, 0.6) is 5.75 Å². The van der Waals surface area contributed by atoms with E-state index >= 15 is 0 Å². The molecule has 178 valence electrons. The number of ether oxygens (including phenoxy) is 1. The Labute approximate surface area is 198 Å². The van der Waals surface area contributed by atoms with Gasteiger partial charge in [0.2, 0.25) is 5.82 Å². The van der Waals surface area contributed by atoms with E-state index in [1.54, 1.807) is 0 Å². The molecule has 0 radical (unpaired) electrons. The maximum atomic E-state index is 13.1. The van der Waals surface area contributed by atoms with Crippen LogP contribution in [0.25, 0.3) is 33.9 Å². The van der Waals surface area contributed by atoms with Gasteiger partial charge in [0.15, 0.2) is 0 Å². The van der Waals surface area contributed by atoms with Crippen LogP contribution in [0.15, 0.2) is 47.4 Å². The molecule has 2 N–H and O–H groups in total. The maximum Gasteiger partial charge on any atom is 0.260 e. The quantitative estimate of drug-likeness (QED) is 0.313. The molecular formula is C25H31N7O2. The van der Waals surface area contributed by atoms with Crippen LogP contribution in [0, 0.1) is 5.92 Å². The molecule has 3 heterocycles. The molecule has 3 aromatic heterocycles. The minimum absolute atomic E-state index is 0.230. The molecule has 1 aromatic carbocycles. The summed E-state index contributed by atoms with van der Waals surface area (Å²) in [6, 6.07) is 11.6. The molecule has 0 amide bonds. The largest absolute Gasteiger partial charge is 0.494 e. The second-order valence-corrected chi connectivity index (χ2v) is 8.79. The number of unbranched alkanes of at least 4 members (excludes halogenated alkanes) is 3. The molecular weight excluding hydrogens is 430 g/mol. The predicted octanol–water partition coefficient (Wildman–Crippen LogP) is 4.70. The van der Waals surface area contributed by atoms with Crippen molar-refractivity contribution in [3.63, 3.8) is 0 Å². The molecule has 0 saturated heterocycles. The fraction of sp³-hybridized carbons (Fsp3) is 0.400. The summed E-state index contributed by atoms with van der Waals surface area (Å²) in [5.74, 6) is 1.50. The van der Waals surface area contributed by atoms with Gasteiger partial charge in [-0.05, 0) is 59.5 Å². The third kappa shape index (κ3) is 5.59. The Bertz CT molecular complexity index is 1240.